The van der Waals surface area contributed by atoms with Gasteiger partial charge in [0.2, 0.25) is 5.78 Å². The number of carbonyl (C=O) groups excluding carboxylic acids is 3. The van der Waals surface area contributed by atoms with Gasteiger partial charge < -0.3 is 26.2 Å². The molecule has 0 bridgehead atoms. The van der Waals surface area contributed by atoms with Gasteiger partial charge in [0.15, 0.2) is 11.4 Å². The van der Waals surface area contributed by atoms with Crippen LogP contribution < -0.4 is 5.73 Å². The Morgan fingerprint density at radius 2 is 1.57 bits per heavy atom. The van der Waals surface area contributed by atoms with Crippen molar-refractivity contribution in [3.63, 3.8) is 0 Å². The number of aryl methyl sites for hydroxylation is 2. The number of rotatable bonds is 6. The second kappa shape index (κ2) is 10.8. The summed E-state index contributed by atoms with van der Waals surface area (Å²) in [6.07, 6.45) is 2.04. The number of ketones is 2. The number of aliphatic hydroxyl groups excluding tert-OH is 2. The number of nitrogens with two attached hydrogens (primary N) is 1. The zero-order valence-electron chi connectivity index (χ0n) is 24.4. The molecule has 1 fully saturated rings. The predicted octanol–water partition coefficient (Wildman–Crippen LogP) is 3.42. The predicted molar refractivity (Wildman–Crippen MR) is 164 cm³/mol. The van der Waals surface area contributed by atoms with E-state index in [1.165, 1.54) is 16.5 Å². The highest BCUT2D eigenvalue weighted by atomic mass is 16.3. The third-order valence-corrected chi connectivity index (χ3v) is 9.41. The topological polar surface area (TPSA) is 161 Å². The van der Waals surface area contributed by atoms with Gasteiger partial charge in [0.25, 0.3) is 5.91 Å². The van der Waals surface area contributed by atoms with Crippen molar-refractivity contribution in [3.05, 3.63) is 106 Å². The van der Waals surface area contributed by atoms with Crippen molar-refractivity contribution in [1.29, 1.82) is 0 Å². The number of amides is 1. The molecule has 226 valence electrons. The number of benzene rings is 3. The normalized spacial score (nSPS) is 24.7. The number of Topliss-reactive ketones (excluding diaryl/α,β-unsaturated/α-hetero) is 2. The molecular weight excluding hydrogens is 560 g/mol. The Morgan fingerprint density at radius 3 is 2.18 bits per heavy atom. The van der Waals surface area contributed by atoms with Gasteiger partial charge in [-0.05, 0) is 79.6 Å². The van der Waals surface area contributed by atoms with Crippen LogP contribution in [0, 0.1) is 11.8 Å². The molecule has 4 atom stereocenters. The average molecular weight is 595 g/mol. The van der Waals surface area contributed by atoms with Crippen LogP contribution in [0.5, 0.6) is 5.75 Å². The molecule has 1 amide bonds. The molecule has 6 N–H and O–H groups in total. The standard InChI is InChI=1S/C35H34N2O7/c1-37(2)29-24-17-21-16-23-22(20-12-10-19(11-13-20)9-8-18-6-4-3-5-7-18)14-15-25(38)27(23)30(39)26(21)32(41)35(24,44)33(42)28(31(29)40)34(36)43/h3-7,10-15,21,24,29,38-39,42,44H,8-9,16-17H2,1-2H3,(H2,36,43)/t21-,24-,29-,35-/m1/s1. The summed E-state index contributed by atoms with van der Waals surface area (Å²) < 4.78 is 0. The smallest absolute Gasteiger partial charge is 0.255 e. The van der Waals surface area contributed by atoms with Gasteiger partial charge in [-0.25, -0.2) is 0 Å². The molecular formula is C35H34N2O7. The van der Waals surface area contributed by atoms with E-state index in [1.807, 2.05) is 42.5 Å². The number of nitrogens with zero attached hydrogens (tertiary/aromatic N) is 1. The largest absolute Gasteiger partial charge is 0.508 e. The summed E-state index contributed by atoms with van der Waals surface area (Å²) in [7, 11) is 3.15. The van der Waals surface area contributed by atoms with Crippen LogP contribution in [-0.2, 0) is 33.6 Å². The molecule has 44 heavy (non-hydrogen) atoms. The van der Waals surface area contributed by atoms with E-state index < -0.39 is 58.0 Å². The lowest BCUT2D eigenvalue weighted by molar-refractivity contribution is -0.153. The highest BCUT2D eigenvalue weighted by Crippen LogP contribution is 2.53. The summed E-state index contributed by atoms with van der Waals surface area (Å²) in [6.45, 7) is 0. The first-order valence-corrected chi connectivity index (χ1v) is 14.6. The van der Waals surface area contributed by atoms with E-state index in [9.17, 15) is 34.8 Å². The fourth-order valence-electron chi connectivity index (χ4n) is 7.30. The first-order valence-electron chi connectivity index (χ1n) is 14.6. The van der Waals surface area contributed by atoms with Crippen molar-refractivity contribution >= 4 is 23.2 Å². The summed E-state index contributed by atoms with van der Waals surface area (Å²) in [4.78, 5) is 41.0. The number of hydrogen-bond donors (Lipinski definition) is 5. The molecule has 1 saturated carbocycles. The molecule has 0 aliphatic heterocycles. The van der Waals surface area contributed by atoms with E-state index in [2.05, 4.69) is 12.1 Å². The number of fused-ring (bicyclic) bond motifs is 3. The molecule has 0 radical (unpaired) electrons. The molecule has 0 unspecified atom stereocenters. The maximum absolute atomic E-state index is 14.0. The zero-order chi connectivity index (χ0) is 31.5. The van der Waals surface area contributed by atoms with Crippen molar-refractivity contribution < 1.29 is 34.8 Å². The lowest BCUT2D eigenvalue weighted by Crippen LogP contribution is -2.65. The number of aromatic hydroxyl groups is 1. The number of phenolic OH excluding ortho intramolecular Hbond substituents is 1. The molecule has 0 heterocycles. The number of primary amides is 1. The zero-order valence-corrected chi connectivity index (χ0v) is 24.4. The minimum absolute atomic E-state index is 0.0410. The van der Waals surface area contributed by atoms with E-state index in [0.29, 0.717) is 5.56 Å². The molecule has 0 aromatic heterocycles. The summed E-state index contributed by atoms with van der Waals surface area (Å²) in [5, 5.41) is 45.2. The number of aliphatic hydroxyl groups is 3. The van der Waals surface area contributed by atoms with Gasteiger partial charge in [0.1, 0.15) is 22.8 Å². The molecule has 9 heteroatoms. The lowest BCUT2D eigenvalue weighted by Gasteiger charge is -2.50. The fourth-order valence-corrected chi connectivity index (χ4v) is 7.30. The van der Waals surface area contributed by atoms with Crippen molar-refractivity contribution in [2.24, 2.45) is 17.6 Å². The van der Waals surface area contributed by atoms with Gasteiger partial charge in [-0.15, -0.1) is 0 Å². The molecule has 0 spiro atoms. The molecule has 0 saturated heterocycles. The van der Waals surface area contributed by atoms with Crippen molar-refractivity contribution in [3.8, 4) is 16.9 Å². The molecule has 3 aliphatic rings. The third-order valence-electron chi connectivity index (χ3n) is 9.41. The number of hydrogen-bond acceptors (Lipinski definition) is 8. The molecule has 3 aromatic rings. The van der Waals surface area contributed by atoms with Crippen LogP contribution in [0.3, 0.4) is 0 Å². The van der Waals surface area contributed by atoms with Crippen molar-refractivity contribution in [1.82, 2.24) is 4.90 Å². The van der Waals surface area contributed by atoms with Crippen LogP contribution in [0.4, 0.5) is 0 Å². The van der Waals surface area contributed by atoms with Crippen LogP contribution in [0.2, 0.25) is 0 Å². The first kappa shape index (κ1) is 29.3. The van der Waals surface area contributed by atoms with Gasteiger partial charge in [-0.1, -0.05) is 60.7 Å². The lowest BCUT2D eigenvalue weighted by atomic mass is 9.57. The van der Waals surface area contributed by atoms with Crippen LogP contribution in [0.15, 0.2) is 83.6 Å². The fraction of sp³-hybridized carbons (Fsp3) is 0.286. The summed E-state index contributed by atoms with van der Waals surface area (Å²) >= 11 is 0. The molecule has 3 aliphatic carbocycles. The number of carbonyl (C=O) groups is 3. The monoisotopic (exact) mass is 594 g/mol. The van der Waals surface area contributed by atoms with E-state index in [4.69, 9.17) is 5.73 Å². The number of likely N-dealkylation sites (N-methyl/N-ethyl adjacent to an activating group) is 1. The second-order valence-electron chi connectivity index (χ2n) is 12.1. The van der Waals surface area contributed by atoms with Crippen molar-refractivity contribution in [2.45, 2.75) is 37.3 Å². The van der Waals surface area contributed by atoms with E-state index in [0.717, 1.165) is 29.5 Å². The summed E-state index contributed by atoms with van der Waals surface area (Å²) in [5.41, 5.74) is 6.49. The summed E-state index contributed by atoms with van der Waals surface area (Å²) in [6, 6.07) is 20.4. The Kier molecular flexibility index (Phi) is 7.18. The van der Waals surface area contributed by atoms with Gasteiger partial charge in [-0.2, -0.15) is 0 Å². The number of phenols is 1. The minimum atomic E-state index is -2.66. The first-order chi connectivity index (χ1) is 20.9. The Morgan fingerprint density at radius 1 is 0.932 bits per heavy atom. The molecule has 3 aromatic carbocycles. The van der Waals surface area contributed by atoms with Gasteiger partial charge in [-0.3, -0.25) is 19.3 Å². The highest BCUT2D eigenvalue weighted by Gasteiger charge is 2.64. The maximum atomic E-state index is 14.0. The van der Waals surface area contributed by atoms with Crippen molar-refractivity contribution in [2.75, 3.05) is 14.1 Å². The molecule has 6 rings (SSSR count). The van der Waals surface area contributed by atoms with E-state index >= 15 is 0 Å². The van der Waals surface area contributed by atoms with Gasteiger partial charge in [0.05, 0.1) is 11.6 Å². The average Bonchev–Trinajstić information content (AvgIpc) is 2.98. The SMILES string of the molecule is CN(C)[C@H]1C(=O)C(C(N)=O)=C(O)[C@]2(O)C(=O)C3=C(O)c4c(O)ccc(-c5ccc(CCc6ccccc6)cc5)c4C[C@@H]3C[C@H]12. The second-order valence-corrected chi connectivity index (χ2v) is 12.1. The third kappa shape index (κ3) is 4.42. The van der Waals surface area contributed by atoms with Gasteiger partial charge in [0, 0.05) is 11.5 Å². The van der Waals surface area contributed by atoms with E-state index in [1.54, 1.807) is 20.2 Å². The Bertz CT molecular complexity index is 1760. The Labute approximate surface area is 254 Å². The van der Waals surface area contributed by atoms with E-state index in [-0.39, 0.29) is 29.7 Å². The van der Waals surface area contributed by atoms with Gasteiger partial charge >= 0.3 is 0 Å². The maximum Gasteiger partial charge on any atom is 0.255 e. The molecule has 9 nitrogen and oxygen atoms in total. The highest BCUT2D eigenvalue weighted by molar-refractivity contribution is 6.24. The van der Waals surface area contributed by atoms with Crippen LogP contribution >= 0.6 is 0 Å². The van der Waals surface area contributed by atoms with Crippen LogP contribution in [0.25, 0.3) is 16.9 Å². The quantitative estimate of drug-likeness (QED) is 0.271. The Balaban J connectivity index is 1.41. The minimum Gasteiger partial charge on any atom is -0.508 e. The Hall–Kier alpha value is -4.73. The van der Waals surface area contributed by atoms with Crippen LogP contribution in [-0.4, -0.2) is 68.5 Å². The summed E-state index contributed by atoms with van der Waals surface area (Å²) in [5.74, 6) is -6.65. The van der Waals surface area contributed by atoms with Crippen LogP contribution in [0.1, 0.15) is 28.7 Å².